The van der Waals surface area contributed by atoms with E-state index in [0.717, 1.165) is 18.0 Å². The molecule has 0 saturated heterocycles. The molecule has 5 nitrogen and oxygen atoms in total. The summed E-state index contributed by atoms with van der Waals surface area (Å²) in [5.74, 6) is 0.745. The summed E-state index contributed by atoms with van der Waals surface area (Å²) in [6.07, 6.45) is 1.40. The van der Waals surface area contributed by atoms with E-state index in [4.69, 9.17) is 5.11 Å². The third-order valence-electron chi connectivity index (χ3n) is 2.93. The summed E-state index contributed by atoms with van der Waals surface area (Å²) in [6.45, 7) is 9.28. The van der Waals surface area contributed by atoms with Crippen molar-refractivity contribution in [3.63, 3.8) is 0 Å². The molecule has 2 aromatic rings. The molecular weight excluding hydrogens is 242 g/mol. The van der Waals surface area contributed by atoms with Crippen LogP contribution in [0, 0.1) is 5.92 Å². The molecule has 102 valence electrons. The normalized spacial score (nSPS) is 11.7. The first-order chi connectivity index (χ1) is 8.90. The maximum Gasteiger partial charge on any atom is 0.337 e. The van der Waals surface area contributed by atoms with Gasteiger partial charge < -0.3 is 9.67 Å². The van der Waals surface area contributed by atoms with E-state index in [1.807, 2.05) is 0 Å². The van der Waals surface area contributed by atoms with Crippen LogP contribution >= 0.6 is 0 Å². The second-order valence-corrected chi connectivity index (χ2v) is 5.50. The number of carboxylic acid groups (broad SMARTS) is 1. The van der Waals surface area contributed by atoms with Crippen LogP contribution in [0.15, 0.2) is 12.3 Å². The number of hydrogen-bond acceptors (Lipinski definition) is 3. The van der Waals surface area contributed by atoms with Crippen molar-refractivity contribution in [3.8, 4) is 0 Å². The van der Waals surface area contributed by atoms with Gasteiger partial charge in [0.25, 0.3) is 0 Å². The molecule has 0 fully saturated rings. The summed E-state index contributed by atoms with van der Waals surface area (Å²) in [4.78, 5) is 19.8. The van der Waals surface area contributed by atoms with E-state index >= 15 is 0 Å². The molecule has 0 aromatic carbocycles. The van der Waals surface area contributed by atoms with Crippen LogP contribution in [0.5, 0.6) is 0 Å². The van der Waals surface area contributed by atoms with E-state index in [1.165, 1.54) is 6.20 Å². The van der Waals surface area contributed by atoms with Crippen molar-refractivity contribution in [1.29, 1.82) is 0 Å². The highest BCUT2D eigenvalue weighted by Crippen LogP contribution is 2.22. The highest BCUT2D eigenvalue weighted by Gasteiger charge is 2.17. The van der Waals surface area contributed by atoms with Crippen LogP contribution < -0.4 is 0 Å². The molecule has 2 heterocycles. The fourth-order valence-electron chi connectivity index (χ4n) is 2.13. The van der Waals surface area contributed by atoms with Gasteiger partial charge in [-0.2, -0.15) is 0 Å². The van der Waals surface area contributed by atoms with E-state index in [1.54, 1.807) is 6.07 Å². The van der Waals surface area contributed by atoms with Gasteiger partial charge in [-0.05, 0) is 12.0 Å². The highest BCUT2D eigenvalue weighted by molar-refractivity contribution is 5.90. The largest absolute Gasteiger partial charge is 0.478 e. The third-order valence-corrected chi connectivity index (χ3v) is 2.93. The van der Waals surface area contributed by atoms with Crippen molar-refractivity contribution < 1.29 is 9.90 Å². The van der Waals surface area contributed by atoms with Crippen molar-refractivity contribution in [2.24, 2.45) is 5.92 Å². The van der Waals surface area contributed by atoms with Crippen LogP contribution in [0.2, 0.25) is 0 Å². The average molecular weight is 261 g/mol. The minimum Gasteiger partial charge on any atom is -0.478 e. The molecule has 2 aromatic heterocycles. The second-order valence-electron chi connectivity index (χ2n) is 5.50. The van der Waals surface area contributed by atoms with Gasteiger partial charge in [-0.25, -0.2) is 14.8 Å². The van der Waals surface area contributed by atoms with Gasteiger partial charge in [-0.3, -0.25) is 0 Å². The Morgan fingerprint density at radius 1 is 1.37 bits per heavy atom. The maximum atomic E-state index is 11.0. The summed E-state index contributed by atoms with van der Waals surface area (Å²) < 4.78 is 2.09. The fraction of sp³-hybridized carbons (Fsp3) is 0.500. The Morgan fingerprint density at radius 2 is 2.05 bits per heavy atom. The first-order valence-electron chi connectivity index (χ1n) is 6.49. The summed E-state index contributed by atoms with van der Waals surface area (Å²) in [5, 5.41) is 9.00. The number of rotatable bonds is 4. The zero-order valence-electron chi connectivity index (χ0n) is 11.7. The number of nitrogens with zero attached hydrogens (tertiary/aromatic N) is 3. The number of hydrogen-bond donors (Lipinski definition) is 1. The number of imidazole rings is 1. The quantitative estimate of drug-likeness (QED) is 0.918. The van der Waals surface area contributed by atoms with E-state index in [0.29, 0.717) is 11.4 Å². The SMILES string of the molecule is CC(C)Cn1c(C(C)C)nc2cc(C(=O)O)cnc21. The monoisotopic (exact) mass is 261 g/mol. The first kappa shape index (κ1) is 13.5. The van der Waals surface area contributed by atoms with Gasteiger partial charge in [0.15, 0.2) is 5.65 Å². The lowest BCUT2D eigenvalue weighted by Crippen LogP contribution is -2.10. The molecule has 5 heteroatoms. The molecule has 0 saturated carbocycles. The Balaban J connectivity index is 2.62. The molecule has 0 atom stereocenters. The molecular formula is C14H19N3O2. The molecule has 0 radical (unpaired) electrons. The maximum absolute atomic E-state index is 11.0. The lowest BCUT2D eigenvalue weighted by Gasteiger charge is -2.12. The van der Waals surface area contributed by atoms with Gasteiger partial charge in [0.2, 0.25) is 0 Å². The number of aromatic nitrogens is 3. The van der Waals surface area contributed by atoms with Gasteiger partial charge in [-0.15, -0.1) is 0 Å². The van der Waals surface area contributed by atoms with Gasteiger partial charge in [0.05, 0.1) is 5.56 Å². The topological polar surface area (TPSA) is 68.0 Å². The summed E-state index contributed by atoms with van der Waals surface area (Å²) in [5.41, 5.74) is 1.60. The standard InChI is InChI=1S/C14H19N3O2/c1-8(2)7-17-12(9(3)4)16-11-5-10(14(18)19)6-15-13(11)17/h5-6,8-9H,7H2,1-4H3,(H,18,19). The zero-order chi connectivity index (χ0) is 14.2. The van der Waals surface area contributed by atoms with Crippen LogP contribution in [0.4, 0.5) is 0 Å². The lowest BCUT2D eigenvalue weighted by atomic mass is 10.2. The molecule has 0 aliphatic rings. The lowest BCUT2D eigenvalue weighted by molar-refractivity contribution is 0.0696. The van der Waals surface area contributed by atoms with Crippen molar-refractivity contribution in [2.45, 2.75) is 40.2 Å². The number of carboxylic acids is 1. The number of carbonyl (C=O) groups is 1. The molecule has 0 aliphatic carbocycles. The molecule has 0 amide bonds. The minimum atomic E-state index is -0.973. The molecule has 2 rings (SSSR count). The predicted molar refractivity (Wildman–Crippen MR) is 73.4 cm³/mol. The molecule has 19 heavy (non-hydrogen) atoms. The van der Waals surface area contributed by atoms with Gasteiger partial charge in [-0.1, -0.05) is 27.7 Å². The molecule has 0 spiro atoms. The summed E-state index contributed by atoms with van der Waals surface area (Å²) in [7, 11) is 0. The van der Waals surface area contributed by atoms with Crippen molar-refractivity contribution in [1.82, 2.24) is 14.5 Å². The zero-order valence-corrected chi connectivity index (χ0v) is 11.7. The van der Waals surface area contributed by atoms with Gasteiger partial charge in [0, 0.05) is 18.7 Å². The van der Waals surface area contributed by atoms with Gasteiger partial charge in [0.1, 0.15) is 11.3 Å². The molecule has 0 unspecified atom stereocenters. The van der Waals surface area contributed by atoms with Crippen molar-refractivity contribution in [2.75, 3.05) is 0 Å². The Labute approximate surface area is 112 Å². The number of aromatic carboxylic acids is 1. The Kier molecular flexibility index (Phi) is 3.55. The number of fused-ring (bicyclic) bond motifs is 1. The van der Waals surface area contributed by atoms with E-state index in [9.17, 15) is 4.79 Å². The minimum absolute atomic E-state index is 0.178. The summed E-state index contributed by atoms with van der Waals surface area (Å²) in [6, 6.07) is 1.59. The molecule has 1 N–H and O–H groups in total. The smallest absolute Gasteiger partial charge is 0.337 e. The van der Waals surface area contributed by atoms with E-state index < -0.39 is 5.97 Å². The van der Waals surface area contributed by atoms with E-state index in [2.05, 4.69) is 42.2 Å². The predicted octanol–water partition coefficient (Wildman–Crippen LogP) is 2.91. The first-order valence-corrected chi connectivity index (χ1v) is 6.49. The van der Waals surface area contributed by atoms with Gasteiger partial charge >= 0.3 is 5.97 Å². The van der Waals surface area contributed by atoms with Crippen molar-refractivity contribution >= 4 is 17.1 Å². The van der Waals surface area contributed by atoms with Crippen LogP contribution in [-0.4, -0.2) is 25.6 Å². The molecule has 0 aliphatic heterocycles. The highest BCUT2D eigenvalue weighted by atomic mass is 16.4. The molecule has 0 bridgehead atoms. The van der Waals surface area contributed by atoms with Crippen LogP contribution in [0.1, 0.15) is 49.8 Å². The van der Waals surface area contributed by atoms with Crippen molar-refractivity contribution in [3.05, 3.63) is 23.7 Å². The Hall–Kier alpha value is -1.91. The Morgan fingerprint density at radius 3 is 2.58 bits per heavy atom. The Bertz CT molecular complexity index is 614. The van der Waals surface area contributed by atoms with E-state index in [-0.39, 0.29) is 11.5 Å². The fourth-order valence-corrected chi connectivity index (χ4v) is 2.13. The second kappa shape index (κ2) is 4.99. The van der Waals surface area contributed by atoms with Crippen LogP contribution in [0.25, 0.3) is 11.2 Å². The number of pyridine rings is 1. The van der Waals surface area contributed by atoms with Crippen LogP contribution in [0.3, 0.4) is 0 Å². The summed E-state index contributed by atoms with van der Waals surface area (Å²) >= 11 is 0. The average Bonchev–Trinajstić information content (AvgIpc) is 2.66. The third kappa shape index (κ3) is 2.59. The van der Waals surface area contributed by atoms with Crippen LogP contribution in [-0.2, 0) is 6.54 Å².